The van der Waals surface area contributed by atoms with Crippen molar-refractivity contribution in [3.63, 3.8) is 0 Å². The molecule has 1 spiro atoms. The van der Waals surface area contributed by atoms with Gasteiger partial charge in [-0.25, -0.2) is 0 Å². The van der Waals surface area contributed by atoms with Gasteiger partial charge in [0.2, 0.25) is 0 Å². The molecule has 0 amide bonds. The van der Waals surface area contributed by atoms with Gasteiger partial charge in [0.15, 0.2) is 0 Å². The second-order valence-corrected chi connectivity index (χ2v) is 5.93. The Hall–Kier alpha value is -0.800. The SMILES string of the molecule is CC(Cc1ccco1)NC1CCOC2(CCC2)C1. The lowest BCUT2D eigenvalue weighted by molar-refractivity contribution is -0.136. The highest BCUT2D eigenvalue weighted by Crippen LogP contribution is 2.42. The fourth-order valence-electron chi connectivity index (χ4n) is 3.28. The zero-order valence-corrected chi connectivity index (χ0v) is 11.2. The number of furan rings is 1. The van der Waals surface area contributed by atoms with Crippen molar-refractivity contribution in [1.29, 1.82) is 0 Å². The van der Waals surface area contributed by atoms with Gasteiger partial charge in [-0.15, -0.1) is 0 Å². The van der Waals surface area contributed by atoms with E-state index in [1.165, 1.54) is 25.7 Å². The lowest BCUT2D eigenvalue weighted by Crippen LogP contribution is -2.52. The molecule has 1 aromatic heterocycles. The molecular weight excluding hydrogens is 226 g/mol. The molecule has 0 aromatic carbocycles. The van der Waals surface area contributed by atoms with Crippen molar-refractivity contribution in [2.75, 3.05) is 6.61 Å². The van der Waals surface area contributed by atoms with E-state index in [2.05, 4.69) is 18.3 Å². The third kappa shape index (κ3) is 2.62. The Balaban J connectivity index is 1.49. The molecule has 1 aliphatic carbocycles. The van der Waals surface area contributed by atoms with E-state index >= 15 is 0 Å². The standard InChI is InChI=1S/C15H23NO2/c1-12(10-14-4-2-8-17-14)16-13-5-9-18-15(11-13)6-3-7-15/h2,4,8,12-13,16H,3,5-7,9-11H2,1H3. The summed E-state index contributed by atoms with van der Waals surface area (Å²) in [6, 6.07) is 5.09. The lowest BCUT2D eigenvalue weighted by atomic mass is 9.74. The van der Waals surface area contributed by atoms with Crippen LogP contribution in [0, 0.1) is 0 Å². The van der Waals surface area contributed by atoms with E-state index in [1.54, 1.807) is 6.26 Å². The molecule has 1 saturated carbocycles. The lowest BCUT2D eigenvalue weighted by Gasteiger charge is -2.47. The minimum absolute atomic E-state index is 0.236. The average Bonchev–Trinajstić information content (AvgIpc) is 2.80. The average molecular weight is 249 g/mol. The van der Waals surface area contributed by atoms with Crippen molar-refractivity contribution >= 4 is 0 Å². The predicted octanol–water partition coefficient (Wildman–Crippen LogP) is 2.90. The molecule has 2 heterocycles. The van der Waals surface area contributed by atoms with Crippen LogP contribution in [0.4, 0.5) is 0 Å². The summed E-state index contributed by atoms with van der Waals surface area (Å²) < 4.78 is 11.4. The Morgan fingerprint density at radius 1 is 1.50 bits per heavy atom. The molecule has 1 aromatic rings. The zero-order valence-electron chi connectivity index (χ0n) is 11.2. The van der Waals surface area contributed by atoms with Gasteiger partial charge in [-0.2, -0.15) is 0 Å². The van der Waals surface area contributed by atoms with E-state index in [9.17, 15) is 0 Å². The summed E-state index contributed by atoms with van der Waals surface area (Å²) in [6.45, 7) is 3.16. The van der Waals surface area contributed by atoms with E-state index in [4.69, 9.17) is 9.15 Å². The number of hydrogen-bond acceptors (Lipinski definition) is 3. The molecule has 1 saturated heterocycles. The maximum atomic E-state index is 5.96. The van der Waals surface area contributed by atoms with Crippen LogP contribution in [-0.4, -0.2) is 24.3 Å². The molecule has 1 aliphatic heterocycles. The molecule has 1 N–H and O–H groups in total. The highest BCUT2D eigenvalue weighted by molar-refractivity contribution is 5.01. The molecule has 2 aliphatic rings. The Morgan fingerprint density at radius 2 is 2.39 bits per heavy atom. The first-order valence-electron chi connectivity index (χ1n) is 7.18. The van der Waals surface area contributed by atoms with Crippen LogP contribution in [0.2, 0.25) is 0 Å². The van der Waals surface area contributed by atoms with Crippen LogP contribution in [0.25, 0.3) is 0 Å². The minimum Gasteiger partial charge on any atom is -0.469 e. The predicted molar refractivity (Wildman–Crippen MR) is 70.6 cm³/mol. The van der Waals surface area contributed by atoms with Crippen LogP contribution < -0.4 is 5.32 Å². The first-order chi connectivity index (χ1) is 8.76. The fraction of sp³-hybridized carbons (Fsp3) is 0.733. The van der Waals surface area contributed by atoms with Crippen LogP contribution in [0.3, 0.4) is 0 Å². The van der Waals surface area contributed by atoms with E-state index < -0.39 is 0 Å². The summed E-state index contributed by atoms with van der Waals surface area (Å²) in [5.74, 6) is 1.07. The monoisotopic (exact) mass is 249 g/mol. The fourth-order valence-corrected chi connectivity index (χ4v) is 3.28. The highest BCUT2D eigenvalue weighted by Gasteiger charge is 2.42. The molecule has 2 unspecified atom stereocenters. The summed E-state index contributed by atoms with van der Waals surface area (Å²) in [5.41, 5.74) is 0.236. The number of hydrogen-bond donors (Lipinski definition) is 1. The van der Waals surface area contributed by atoms with E-state index in [1.807, 2.05) is 6.07 Å². The Bertz CT molecular complexity index is 370. The third-order valence-corrected chi connectivity index (χ3v) is 4.37. The molecule has 2 atom stereocenters. The molecule has 3 rings (SSSR count). The maximum absolute atomic E-state index is 5.96. The number of ether oxygens (including phenoxy) is 1. The third-order valence-electron chi connectivity index (χ3n) is 4.37. The molecular formula is C15H23NO2. The van der Waals surface area contributed by atoms with Crippen LogP contribution in [0.15, 0.2) is 22.8 Å². The van der Waals surface area contributed by atoms with Gasteiger partial charge in [-0.1, -0.05) is 0 Å². The van der Waals surface area contributed by atoms with Crippen molar-refractivity contribution in [1.82, 2.24) is 5.32 Å². The van der Waals surface area contributed by atoms with Crippen LogP contribution >= 0.6 is 0 Å². The second kappa shape index (κ2) is 5.06. The van der Waals surface area contributed by atoms with Gasteiger partial charge in [0, 0.05) is 25.1 Å². The van der Waals surface area contributed by atoms with Gasteiger partial charge in [0.05, 0.1) is 11.9 Å². The van der Waals surface area contributed by atoms with Crippen molar-refractivity contribution in [3.05, 3.63) is 24.2 Å². The van der Waals surface area contributed by atoms with Crippen molar-refractivity contribution in [2.45, 2.75) is 63.1 Å². The summed E-state index contributed by atoms with van der Waals surface area (Å²) in [4.78, 5) is 0. The first-order valence-corrected chi connectivity index (χ1v) is 7.18. The topological polar surface area (TPSA) is 34.4 Å². The Labute approximate surface area is 109 Å². The number of nitrogens with one attached hydrogen (secondary N) is 1. The summed E-state index contributed by atoms with van der Waals surface area (Å²) >= 11 is 0. The smallest absolute Gasteiger partial charge is 0.105 e. The van der Waals surface area contributed by atoms with Crippen LogP contribution in [0.1, 0.15) is 44.8 Å². The van der Waals surface area contributed by atoms with Gasteiger partial charge in [0.1, 0.15) is 5.76 Å². The van der Waals surface area contributed by atoms with Gasteiger partial charge < -0.3 is 14.5 Å². The van der Waals surface area contributed by atoms with Gasteiger partial charge in [-0.3, -0.25) is 0 Å². The molecule has 100 valence electrons. The van der Waals surface area contributed by atoms with Crippen LogP contribution in [-0.2, 0) is 11.2 Å². The largest absolute Gasteiger partial charge is 0.469 e. The summed E-state index contributed by atoms with van der Waals surface area (Å²) in [5, 5.41) is 3.74. The zero-order chi connectivity index (χ0) is 12.4. The second-order valence-electron chi connectivity index (χ2n) is 5.93. The van der Waals surface area contributed by atoms with E-state index in [0.29, 0.717) is 12.1 Å². The van der Waals surface area contributed by atoms with E-state index in [0.717, 1.165) is 25.2 Å². The van der Waals surface area contributed by atoms with Gasteiger partial charge in [0.25, 0.3) is 0 Å². The maximum Gasteiger partial charge on any atom is 0.105 e. The minimum atomic E-state index is 0.236. The quantitative estimate of drug-likeness (QED) is 0.891. The number of rotatable bonds is 4. The molecule has 3 heteroatoms. The Morgan fingerprint density at radius 3 is 3.06 bits per heavy atom. The molecule has 18 heavy (non-hydrogen) atoms. The van der Waals surface area contributed by atoms with Crippen molar-refractivity contribution in [2.24, 2.45) is 0 Å². The summed E-state index contributed by atoms with van der Waals surface area (Å²) in [7, 11) is 0. The van der Waals surface area contributed by atoms with Gasteiger partial charge in [-0.05, 0) is 51.2 Å². The van der Waals surface area contributed by atoms with Gasteiger partial charge >= 0.3 is 0 Å². The normalized spacial score (nSPS) is 27.9. The first kappa shape index (κ1) is 12.2. The van der Waals surface area contributed by atoms with E-state index in [-0.39, 0.29) is 5.60 Å². The van der Waals surface area contributed by atoms with Crippen molar-refractivity contribution < 1.29 is 9.15 Å². The molecule has 0 radical (unpaired) electrons. The molecule has 0 bridgehead atoms. The molecule has 2 fully saturated rings. The molecule has 3 nitrogen and oxygen atoms in total. The highest BCUT2D eigenvalue weighted by atomic mass is 16.5. The van der Waals surface area contributed by atoms with Crippen LogP contribution in [0.5, 0.6) is 0 Å². The summed E-state index contributed by atoms with van der Waals surface area (Å²) in [6.07, 6.45) is 8.92. The van der Waals surface area contributed by atoms with Crippen molar-refractivity contribution in [3.8, 4) is 0 Å². The Kier molecular flexibility index (Phi) is 3.44.